The lowest BCUT2D eigenvalue weighted by Gasteiger charge is -2.13. The van der Waals surface area contributed by atoms with Crippen LogP contribution < -0.4 is 11.2 Å². The van der Waals surface area contributed by atoms with Gasteiger partial charge in [-0.3, -0.25) is 14.3 Å². The maximum atomic E-state index is 11.5. The first-order valence-electron chi connectivity index (χ1n) is 5.30. The molecular formula is C9H12N2O5. The van der Waals surface area contributed by atoms with E-state index in [2.05, 4.69) is 0 Å². The highest BCUT2D eigenvalue weighted by Crippen LogP contribution is 2.26. The molecule has 0 radical (unpaired) electrons. The molecule has 2 heterocycles. The number of H-pyrrole nitrogens is 1. The number of hydrogen-bond donors (Lipinski definition) is 3. The van der Waals surface area contributed by atoms with Crippen LogP contribution in [0.4, 0.5) is 0 Å². The van der Waals surface area contributed by atoms with Gasteiger partial charge >= 0.3 is 5.69 Å². The summed E-state index contributed by atoms with van der Waals surface area (Å²) >= 11 is 0. The fourth-order valence-electron chi connectivity index (χ4n) is 1.53. The third-order valence-electron chi connectivity index (χ3n) is 2.36. The van der Waals surface area contributed by atoms with E-state index in [9.17, 15) is 14.7 Å². The van der Waals surface area contributed by atoms with E-state index in [0.717, 1.165) is 10.6 Å². The molecule has 0 aliphatic carbocycles. The smallest absolute Gasteiger partial charge is 0.330 e. The van der Waals surface area contributed by atoms with E-state index in [1.807, 2.05) is 4.98 Å². The van der Waals surface area contributed by atoms with Gasteiger partial charge in [-0.1, -0.05) is 0 Å². The molecule has 1 fully saturated rings. The predicted molar refractivity (Wildman–Crippen MR) is 52.9 cm³/mol. The first-order chi connectivity index (χ1) is 8.04. The topological polar surface area (TPSA) is 105 Å². The summed E-state index contributed by atoms with van der Waals surface area (Å²) in [6.45, 7) is -0.439. The summed E-state index contributed by atoms with van der Waals surface area (Å²) in [5.74, 6) is 0. The Morgan fingerprint density at radius 2 is 2.44 bits per heavy atom. The van der Waals surface area contributed by atoms with Gasteiger partial charge in [0.25, 0.3) is 5.56 Å². The molecule has 1 aromatic heterocycles. The number of nitrogens with zero attached hydrogens (tertiary/aromatic N) is 1. The molecule has 0 aromatic carbocycles. The van der Waals surface area contributed by atoms with Crippen molar-refractivity contribution in [3.05, 3.63) is 33.1 Å². The minimum absolute atomic E-state index is 0.439. The van der Waals surface area contributed by atoms with Gasteiger partial charge in [-0.25, -0.2) is 4.79 Å². The van der Waals surface area contributed by atoms with E-state index >= 15 is 0 Å². The van der Waals surface area contributed by atoms with Crippen LogP contribution in [0.3, 0.4) is 0 Å². The van der Waals surface area contributed by atoms with Gasteiger partial charge in [0, 0.05) is 20.0 Å². The lowest BCUT2D eigenvalue weighted by molar-refractivity contribution is -0.0459. The zero-order valence-electron chi connectivity index (χ0n) is 9.24. The third kappa shape index (κ3) is 1.92. The van der Waals surface area contributed by atoms with E-state index in [1.165, 1.54) is 6.20 Å². The lowest BCUT2D eigenvalue weighted by atomic mass is 10.2. The minimum atomic E-state index is -1.18. The van der Waals surface area contributed by atoms with Crippen LogP contribution in [0.5, 0.6) is 0 Å². The van der Waals surface area contributed by atoms with Gasteiger partial charge in [0.2, 0.25) is 0 Å². The number of aromatic nitrogens is 2. The Morgan fingerprint density at radius 1 is 1.69 bits per heavy atom. The van der Waals surface area contributed by atoms with Gasteiger partial charge in [0.1, 0.15) is 12.3 Å². The highest BCUT2D eigenvalue weighted by molar-refractivity contribution is 4.88. The molecule has 0 bridgehead atoms. The Balaban J connectivity index is 2.35. The maximum Gasteiger partial charge on any atom is 0.330 e. The molecule has 1 aliphatic rings. The molecule has 7 heteroatoms. The summed E-state index contributed by atoms with van der Waals surface area (Å²) in [6, 6.07) is 1.12. The second kappa shape index (κ2) is 4.20. The third-order valence-corrected chi connectivity index (χ3v) is 2.36. The molecule has 0 saturated carbocycles. The zero-order chi connectivity index (χ0) is 12.6. The van der Waals surface area contributed by atoms with Crippen LogP contribution in [0.1, 0.15) is 14.0 Å². The van der Waals surface area contributed by atoms with Crippen molar-refractivity contribution in [2.75, 3.05) is 6.61 Å². The van der Waals surface area contributed by atoms with Crippen LogP contribution in [0.25, 0.3) is 0 Å². The highest BCUT2D eigenvalue weighted by atomic mass is 16.5. The van der Waals surface area contributed by atoms with Gasteiger partial charge in [0.05, 0.1) is 12.7 Å². The molecule has 0 spiro atoms. The van der Waals surface area contributed by atoms with E-state index in [1.54, 1.807) is 0 Å². The molecule has 2 rings (SSSR count). The second-order valence-corrected chi connectivity index (χ2v) is 3.45. The molecule has 4 atom stereocenters. The average Bonchev–Trinajstić information content (AvgIpc) is 2.57. The average molecular weight is 229 g/mol. The van der Waals surface area contributed by atoms with Crippen LogP contribution in [0, 0.1) is 0 Å². The van der Waals surface area contributed by atoms with Gasteiger partial charge in [-0.15, -0.1) is 0 Å². The monoisotopic (exact) mass is 229 g/mol. The van der Waals surface area contributed by atoms with Crippen molar-refractivity contribution in [3.8, 4) is 0 Å². The van der Waals surface area contributed by atoms with Gasteiger partial charge in [0.15, 0.2) is 0 Å². The van der Waals surface area contributed by atoms with Gasteiger partial charge in [-0.2, -0.15) is 0 Å². The van der Waals surface area contributed by atoms with Crippen LogP contribution >= 0.6 is 0 Å². The lowest BCUT2D eigenvalue weighted by Crippen LogP contribution is -2.31. The highest BCUT2D eigenvalue weighted by Gasteiger charge is 2.34. The molecule has 88 valence electrons. The van der Waals surface area contributed by atoms with Gasteiger partial charge in [-0.05, 0) is 0 Å². The van der Waals surface area contributed by atoms with Crippen LogP contribution in [0.2, 0.25) is 0 Å². The summed E-state index contributed by atoms with van der Waals surface area (Å²) < 4.78 is 13.9. The van der Waals surface area contributed by atoms with E-state index in [4.69, 9.17) is 11.2 Å². The number of nitrogens with one attached hydrogen (secondary N) is 1. The van der Waals surface area contributed by atoms with Crippen molar-refractivity contribution in [1.29, 1.82) is 0 Å². The molecule has 7 nitrogen and oxygen atoms in total. The van der Waals surface area contributed by atoms with Crippen LogP contribution in [-0.4, -0.2) is 38.6 Å². The van der Waals surface area contributed by atoms with E-state index in [0.29, 0.717) is 0 Å². The van der Waals surface area contributed by atoms with Crippen molar-refractivity contribution >= 4 is 0 Å². The summed E-state index contributed by atoms with van der Waals surface area (Å²) in [5.41, 5.74) is -1.27. The van der Waals surface area contributed by atoms with Crippen LogP contribution in [0.15, 0.2) is 21.9 Å². The quantitative estimate of drug-likeness (QED) is 0.553. The van der Waals surface area contributed by atoms with Crippen molar-refractivity contribution in [2.45, 2.75) is 24.8 Å². The van der Waals surface area contributed by atoms with Gasteiger partial charge < -0.3 is 14.9 Å². The Hall–Kier alpha value is -1.44. The number of aliphatic hydroxyl groups is 2. The fraction of sp³-hybridized carbons (Fsp3) is 0.556. The fourth-order valence-corrected chi connectivity index (χ4v) is 1.53. The standard InChI is InChI=1S/C9H12N2O5/c12-4-6-5(13)3-8(16-6)11-2-1-7(14)10-9(11)15/h1-2,5-6,8,12-13H,3-4H2,(H,10,14,15)/t5?,6-,8-/m0/s1/i3D/t3?,5?,6-,8-. The zero-order valence-corrected chi connectivity index (χ0v) is 8.24. The largest absolute Gasteiger partial charge is 0.394 e. The molecule has 1 saturated heterocycles. The second-order valence-electron chi connectivity index (χ2n) is 3.45. The number of hydrogen-bond acceptors (Lipinski definition) is 5. The Kier molecular flexibility index (Phi) is 2.56. The number of rotatable bonds is 2. The molecule has 0 amide bonds. The van der Waals surface area contributed by atoms with E-state index in [-0.39, 0.29) is 0 Å². The van der Waals surface area contributed by atoms with E-state index < -0.39 is 42.7 Å². The molecule has 3 N–H and O–H groups in total. The molecular weight excluding hydrogens is 216 g/mol. The SMILES string of the molecule is [2H]C1C(O)[C@H](CO)O[C@@H]1n1ccc(=O)[nH]c1=O. The van der Waals surface area contributed by atoms with Crippen molar-refractivity contribution in [3.63, 3.8) is 0 Å². The predicted octanol–water partition coefficient (Wildman–Crippen LogP) is -1.82. The Labute approximate surface area is 91.3 Å². The summed E-state index contributed by atoms with van der Waals surface area (Å²) in [5, 5.41) is 18.5. The number of aliphatic hydroxyl groups excluding tert-OH is 2. The Morgan fingerprint density at radius 3 is 3.00 bits per heavy atom. The molecule has 1 aliphatic heterocycles. The number of ether oxygens (including phenoxy) is 1. The molecule has 1 aromatic rings. The summed E-state index contributed by atoms with van der Waals surface area (Å²) in [6.07, 6.45) is -3.01. The normalized spacial score (nSPS) is 35.0. The Bertz CT molecular complexity index is 513. The summed E-state index contributed by atoms with van der Waals surface area (Å²) in [7, 11) is 0. The van der Waals surface area contributed by atoms with Crippen molar-refractivity contribution in [1.82, 2.24) is 9.55 Å². The molecule has 16 heavy (non-hydrogen) atoms. The first-order valence-corrected chi connectivity index (χ1v) is 4.72. The van der Waals surface area contributed by atoms with Crippen molar-refractivity contribution < 1.29 is 16.3 Å². The molecule has 2 unspecified atom stereocenters. The summed E-state index contributed by atoms with van der Waals surface area (Å²) in [4.78, 5) is 24.4. The first kappa shape index (κ1) is 9.76. The van der Waals surface area contributed by atoms with Crippen molar-refractivity contribution in [2.24, 2.45) is 0 Å². The maximum absolute atomic E-state index is 11.5. The number of aromatic amines is 1. The van der Waals surface area contributed by atoms with Crippen LogP contribution in [-0.2, 0) is 4.74 Å². The minimum Gasteiger partial charge on any atom is -0.394 e.